The van der Waals surface area contributed by atoms with Crippen molar-refractivity contribution < 1.29 is 4.74 Å². The molecule has 1 atom stereocenters. The highest BCUT2D eigenvalue weighted by Crippen LogP contribution is 2.35. The summed E-state index contributed by atoms with van der Waals surface area (Å²) in [4.78, 5) is 0. The van der Waals surface area contributed by atoms with Crippen LogP contribution in [0.1, 0.15) is 70.5 Å². The van der Waals surface area contributed by atoms with Gasteiger partial charge in [-0.2, -0.15) is 0 Å². The second kappa shape index (κ2) is 9.22. The molecule has 21 heavy (non-hydrogen) atoms. The predicted molar refractivity (Wildman–Crippen MR) is 91.8 cm³/mol. The molecule has 0 heterocycles. The van der Waals surface area contributed by atoms with Crippen LogP contribution in [0, 0.1) is 0 Å². The molecule has 2 heteroatoms. The first-order valence-corrected chi connectivity index (χ1v) is 8.54. The van der Waals surface area contributed by atoms with E-state index in [4.69, 9.17) is 4.74 Å². The smallest absolute Gasteiger partial charge is 0.0867 e. The van der Waals surface area contributed by atoms with Gasteiger partial charge in [-0.3, -0.25) is 0 Å². The van der Waals surface area contributed by atoms with E-state index in [0.717, 1.165) is 32.2 Å². The fourth-order valence-electron chi connectivity index (χ4n) is 3.13. The zero-order valence-electron chi connectivity index (χ0n) is 14.5. The Bertz CT molecular complexity index is 373. The molecule has 0 saturated heterocycles. The minimum absolute atomic E-state index is 0.124. The van der Waals surface area contributed by atoms with Crippen LogP contribution in [0.4, 0.5) is 0 Å². The van der Waals surface area contributed by atoms with E-state index in [2.05, 4.69) is 57.3 Å². The largest absolute Gasteiger partial charge is 0.376 e. The highest BCUT2D eigenvalue weighted by atomic mass is 16.5. The van der Waals surface area contributed by atoms with Gasteiger partial charge in [0.1, 0.15) is 0 Å². The van der Waals surface area contributed by atoms with E-state index >= 15 is 0 Å². The van der Waals surface area contributed by atoms with E-state index in [0.29, 0.717) is 0 Å². The summed E-state index contributed by atoms with van der Waals surface area (Å²) in [5.74, 6) is 0. The monoisotopic (exact) mass is 291 g/mol. The summed E-state index contributed by atoms with van der Waals surface area (Å²) in [5, 5.41) is 3.71. The molecule has 1 rings (SSSR count). The number of hydrogen-bond donors (Lipinski definition) is 1. The zero-order chi connectivity index (χ0) is 15.7. The summed E-state index contributed by atoms with van der Waals surface area (Å²) in [6, 6.07) is 9.35. The Morgan fingerprint density at radius 3 is 2.05 bits per heavy atom. The van der Waals surface area contributed by atoms with Gasteiger partial charge < -0.3 is 10.1 Å². The van der Waals surface area contributed by atoms with Gasteiger partial charge in [-0.05, 0) is 43.4 Å². The van der Waals surface area contributed by atoms with Crippen LogP contribution < -0.4 is 5.32 Å². The number of methoxy groups -OCH3 is 1. The van der Waals surface area contributed by atoms with Gasteiger partial charge in [-0.25, -0.2) is 0 Å². The summed E-state index contributed by atoms with van der Waals surface area (Å²) < 4.78 is 5.97. The quantitative estimate of drug-likeness (QED) is 0.663. The van der Waals surface area contributed by atoms with Crippen molar-refractivity contribution >= 4 is 0 Å². The van der Waals surface area contributed by atoms with E-state index in [1.54, 1.807) is 0 Å². The molecule has 120 valence electrons. The highest BCUT2D eigenvalue weighted by Gasteiger charge is 2.36. The molecular formula is C19H33NO. The molecule has 0 aliphatic heterocycles. The Hall–Kier alpha value is -0.860. The minimum Gasteiger partial charge on any atom is -0.376 e. The summed E-state index contributed by atoms with van der Waals surface area (Å²) in [7, 11) is 1.85. The molecule has 0 radical (unpaired) electrons. The average molecular weight is 291 g/mol. The normalized spacial score (nSPS) is 13.4. The first-order valence-electron chi connectivity index (χ1n) is 8.54. The van der Waals surface area contributed by atoms with Gasteiger partial charge in [0.2, 0.25) is 0 Å². The molecule has 0 amide bonds. The Labute approximate surface area is 131 Å². The molecule has 1 aromatic carbocycles. The molecule has 0 fully saturated rings. The van der Waals surface area contributed by atoms with Gasteiger partial charge >= 0.3 is 0 Å². The van der Waals surface area contributed by atoms with Crippen LogP contribution in [-0.2, 0) is 11.2 Å². The fourth-order valence-corrected chi connectivity index (χ4v) is 3.13. The van der Waals surface area contributed by atoms with Gasteiger partial charge in [0, 0.05) is 7.11 Å². The lowest BCUT2D eigenvalue weighted by Gasteiger charge is -2.39. The number of ether oxygens (including phenoxy) is 1. The molecule has 0 spiro atoms. The molecule has 1 unspecified atom stereocenters. The Balaban J connectivity index is 3.05. The van der Waals surface area contributed by atoms with Crippen LogP contribution in [0.5, 0.6) is 0 Å². The average Bonchev–Trinajstić information content (AvgIpc) is 2.53. The lowest BCUT2D eigenvalue weighted by Crippen LogP contribution is -2.45. The van der Waals surface area contributed by atoms with Crippen molar-refractivity contribution in [3.63, 3.8) is 0 Å². The van der Waals surface area contributed by atoms with Crippen molar-refractivity contribution in [1.29, 1.82) is 0 Å². The zero-order valence-corrected chi connectivity index (χ0v) is 14.5. The predicted octanol–water partition coefficient (Wildman–Crippen LogP) is 4.89. The van der Waals surface area contributed by atoms with Gasteiger partial charge in [0.25, 0.3) is 0 Å². The first kappa shape index (κ1) is 18.2. The lowest BCUT2D eigenvalue weighted by molar-refractivity contribution is -0.0485. The molecule has 0 aromatic heterocycles. The van der Waals surface area contributed by atoms with E-state index in [1.165, 1.54) is 17.5 Å². The maximum absolute atomic E-state index is 5.97. The topological polar surface area (TPSA) is 21.3 Å². The highest BCUT2D eigenvalue weighted by molar-refractivity contribution is 5.27. The molecule has 2 nitrogen and oxygen atoms in total. The van der Waals surface area contributed by atoms with Crippen molar-refractivity contribution in [3.8, 4) is 0 Å². The van der Waals surface area contributed by atoms with Crippen molar-refractivity contribution in [2.45, 2.75) is 71.4 Å². The van der Waals surface area contributed by atoms with E-state index in [1.807, 2.05) is 7.11 Å². The Kier molecular flexibility index (Phi) is 7.98. The van der Waals surface area contributed by atoms with Crippen LogP contribution in [0.3, 0.4) is 0 Å². The van der Waals surface area contributed by atoms with Crippen LogP contribution in [0.15, 0.2) is 24.3 Å². The minimum atomic E-state index is -0.124. The molecule has 1 N–H and O–H groups in total. The van der Waals surface area contributed by atoms with Crippen molar-refractivity contribution in [2.24, 2.45) is 0 Å². The number of benzene rings is 1. The SMILES string of the molecule is CCCNC(c1ccc(CCC)cc1)C(CC)(CC)OC. The standard InChI is InChI=1S/C19H33NO/c1-6-10-16-11-13-17(14-12-16)18(20-15-7-2)19(8-3,9-4)21-5/h11-14,18,20H,6-10,15H2,1-5H3. The summed E-state index contributed by atoms with van der Waals surface area (Å²) in [5.41, 5.74) is 2.64. The number of aryl methyl sites for hydroxylation is 1. The lowest BCUT2D eigenvalue weighted by atomic mass is 9.83. The van der Waals surface area contributed by atoms with E-state index in [9.17, 15) is 0 Å². The third-order valence-electron chi connectivity index (χ3n) is 4.58. The summed E-state index contributed by atoms with van der Waals surface area (Å²) in [6.45, 7) is 9.90. The third-order valence-corrected chi connectivity index (χ3v) is 4.58. The molecule has 0 aliphatic carbocycles. The van der Waals surface area contributed by atoms with Gasteiger partial charge in [0.15, 0.2) is 0 Å². The molecular weight excluding hydrogens is 258 g/mol. The molecule has 0 bridgehead atoms. The van der Waals surface area contributed by atoms with Crippen molar-refractivity contribution in [1.82, 2.24) is 5.32 Å². The first-order chi connectivity index (χ1) is 10.2. The van der Waals surface area contributed by atoms with E-state index in [-0.39, 0.29) is 11.6 Å². The number of nitrogens with one attached hydrogen (secondary N) is 1. The Morgan fingerprint density at radius 1 is 1.00 bits per heavy atom. The molecule has 1 aromatic rings. The van der Waals surface area contributed by atoms with Crippen LogP contribution in [0.2, 0.25) is 0 Å². The summed E-state index contributed by atoms with van der Waals surface area (Å²) >= 11 is 0. The van der Waals surface area contributed by atoms with Gasteiger partial charge in [-0.1, -0.05) is 58.4 Å². The van der Waals surface area contributed by atoms with Gasteiger partial charge in [-0.15, -0.1) is 0 Å². The molecule has 0 saturated carbocycles. The van der Waals surface area contributed by atoms with E-state index < -0.39 is 0 Å². The number of hydrogen-bond acceptors (Lipinski definition) is 2. The van der Waals surface area contributed by atoms with Crippen molar-refractivity contribution in [2.75, 3.05) is 13.7 Å². The van der Waals surface area contributed by atoms with Gasteiger partial charge in [0.05, 0.1) is 11.6 Å². The molecule has 0 aliphatic rings. The van der Waals surface area contributed by atoms with Crippen LogP contribution in [0.25, 0.3) is 0 Å². The number of rotatable bonds is 10. The Morgan fingerprint density at radius 2 is 1.62 bits per heavy atom. The second-order valence-electron chi connectivity index (χ2n) is 5.85. The maximum Gasteiger partial charge on any atom is 0.0867 e. The fraction of sp³-hybridized carbons (Fsp3) is 0.684. The summed E-state index contributed by atoms with van der Waals surface area (Å²) in [6.07, 6.45) is 5.51. The van der Waals surface area contributed by atoms with Crippen molar-refractivity contribution in [3.05, 3.63) is 35.4 Å². The maximum atomic E-state index is 5.97. The van der Waals surface area contributed by atoms with Crippen LogP contribution >= 0.6 is 0 Å². The second-order valence-corrected chi connectivity index (χ2v) is 5.85. The third kappa shape index (κ3) is 4.55. The van der Waals surface area contributed by atoms with Crippen LogP contribution in [-0.4, -0.2) is 19.3 Å².